The van der Waals surface area contributed by atoms with Crippen LogP contribution in [0.1, 0.15) is 31.7 Å². The fraction of sp³-hybridized carbons (Fsp3) is 0.619. The molecule has 1 atom stereocenters. The minimum absolute atomic E-state index is 0.0895. The van der Waals surface area contributed by atoms with Crippen LogP contribution in [-0.4, -0.2) is 83.0 Å². The fourth-order valence-electron chi connectivity index (χ4n) is 4.13. The van der Waals surface area contributed by atoms with Gasteiger partial charge in [0.15, 0.2) is 5.60 Å². The van der Waals surface area contributed by atoms with Crippen LogP contribution >= 0.6 is 0 Å². The monoisotopic (exact) mass is 373 g/mol. The Morgan fingerprint density at radius 1 is 1.11 bits per heavy atom. The molecule has 2 aliphatic heterocycles. The number of carbonyl (C=O) groups is 2. The number of hydrogen-bond acceptors (Lipinski definition) is 4. The predicted octanol–water partition coefficient (Wildman–Crippen LogP) is 1.14. The molecule has 1 N–H and O–H groups in total. The van der Waals surface area contributed by atoms with E-state index in [-0.39, 0.29) is 11.8 Å². The Morgan fingerprint density at radius 3 is 2.48 bits per heavy atom. The first-order chi connectivity index (χ1) is 13.0. The number of piperidine rings is 1. The Kier molecular flexibility index (Phi) is 6.50. The predicted molar refractivity (Wildman–Crippen MR) is 104 cm³/mol. The van der Waals surface area contributed by atoms with Gasteiger partial charge in [0.2, 0.25) is 5.91 Å². The van der Waals surface area contributed by atoms with E-state index in [1.165, 1.54) is 5.56 Å². The molecule has 6 heteroatoms. The lowest BCUT2D eigenvalue weighted by Crippen LogP contribution is -2.61. The largest absolute Gasteiger partial charge is 0.379 e. The maximum Gasteiger partial charge on any atom is 0.255 e. The minimum Gasteiger partial charge on any atom is -0.379 e. The molecule has 2 aliphatic rings. The van der Waals surface area contributed by atoms with Crippen LogP contribution in [0.15, 0.2) is 30.3 Å². The SMILES string of the molecule is CC(=O)N1CCN(C[C@@]2(O)CCCN(CCCc3ccccc3)C2=O)CC1. The van der Waals surface area contributed by atoms with Crippen LogP contribution in [0.25, 0.3) is 0 Å². The molecule has 0 aliphatic carbocycles. The van der Waals surface area contributed by atoms with Crippen LogP contribution in [0, 0.1) is 0 Å². The van der Waals surface area contributed by atoms with Crippen LogP contribution in [0.2, 0.25) is 0 Å². The summed E-state index contributed by atoms with van der Waals surface area (Å²) in [5.74, 6) is -0.0393. The zero-order valence-electron chi connectivity index (χ0n) is 16.3. The molecule has 148 valence electrons. The summed E-state index contributed by atoms with van der Waals surface area (Å²) in [5, 5.41) is 11.0. The molecule has 1 aromatic rings. The number of rotatable bonds is 6. The second-order valence-electron chi connectivity index (χ2n) is 7.80. The summed E-state index contributed by atoms with van der Waals surface area (Å²) in [6.45, 7) is 6.13. The molecule has 27 heavy (non-hydrogen) atoms. The van der Waals surface area contributed by atoms with Crippen molar-refractivity contribution in [2.45, 2.75) is 38.2 Å². The highest BCUT2D eigenvalue weighted by Gasteiger charge is 2.43. The number of piperazine rings is 1. The first-order valence-corrected chi connectivity index (χ1v) is 10.0. The lowest BCUT2D eigenvalue weighted by atomic mass is 9.90. The maximum absolute atomic E-state index is 12.9. The molecule has 2 fully saturated rings. The smallest absolute Gasteiger partial charge is 0.255 e. The highest BCUT2D eigenvalue weighted by molar-refractivity contribution is 5.86. The van der Waals surface area contributed by atoms with Gasteiger partial charge in [0.05, 0.1) is 0 Å². The number of amides is 2. The van der Waals surface area contributed by atoms with Crippen molar-refractivity contribution >= 4 is 11.8 Å². The average molecular weight is 373 g/mol. The van der Waals surface area contributed by atoms with E-state index in [4.69, 9.17) is 0 Å². The van der Waals surface area contributed by atoms with Gasteiger partial charge in [-0.3, -0.25) is 14.5 Å². The third-order valence-electron chi connectivity index (χ3n) is 5.74. The van der Waals surface area contributed by atoms with Crippen molar-refractivity contribution in [1.29, 1.82) is 0 Å². The van der Waals surface area contributed by atoms with Crippen molar-refractivity contribution in [3.8, 4) is 0 Å². The second kappa shape index (κ2) is 8.85. The summed E-state index contributed by atoms with van der Waals surface area (Å²) in [6.07, 6.45) is 3.20. The Bertz CT molecular complexity index is 643. The summed E-state index contributed by atoms with van der Waals surface area (Å²) in [5.41, 5.74) is -0.0100. The minimum atomic E-state index is -1.29. The van der Waals surface area contributed by atoms with E-state index in [9.17, 15) is 14.7 Å². The lowest BCUT2D eigenvalue weighted by Gasteiger charge is -2.43. The average Bonchev–Trinajstić information content (AvgIpc) is 2.66. The van der Waals surface area contributed by atoms with Crippen LogP contribution < -0.4 is 0 Å². The molecule has 3 rings (SSSR count). The van der Waals surface area contributed by atoms with Gasteiger partial charge in [-0.2, -0.15) is 0 Å². The summed E-state index contributed by atoms with van der Waals surface area (Å²) in [7, 11) is 0. The van der Waals surface area contributed by atoms with E-state index >= 15 is 0 Å². The molecule has 0 saturated carbocycles. The molecule has 0 bridgehead atoms. The Labute approximate surface area is 161 Å². The zero-order chi connectivity index (χ0) is 19.3. The van der Waals surface area contributed by atoms with Crippen molar-refractivity contribution in [2.75, 3.05) is 45.8 Å². The number of β-amino-alcohol motifs (C(OH)–C–C–N with tert-alkyl or cyclic N) is 1. The number of benzene rings is 1. The highest BCUT2D eigenvalue weighted by atomic mass is 16.3. The van der Waals surface area contributed by atoms with E-state index in [1.807, 2.05) is 28.0 Å². The van der Waals surface area contributed by atoms with E-state index in [0.29, 0.717) is 45.7 Å². The molecular weight excluding hydrogens is 342 g/mol. The fourth-order valence-corrected chi connectivity index (χ4v) is 4.13. The zero-order valence-corrected chi connectivity index (χ0v) is 16.3. The summed E-state index contributed by atoms with van der Waals surface area (Å²) >= 11 is 0. The van der Waals surface area contributed by atoms with E-state index in [2.05, 4.69) is 17.0 Å². The molecule has 0 unspecified atom stereocenters. The number of carbonyl (C=O) groups excluding carboxylic acids is 2. The molecule has 2 amide bonds. The van der Waals surface area contributed by atoms with E-state index in [0.717, 1.165) is 25.8 Å². The van der Waals surface area contributed by atoms with Crippen molar-refractivity contribution in [2.24, 2.45) is 0 Å². The Balaban J connectivity index is 1.50. The number of aryl methyl sites for hydroxylation is 1. The molecule has 0 aromatic heterocycles. The quantitative estimate of drug-likeness (QED) is 0.812. The summed E-state index contributed by atoms with van der Waals surface area (Å²) in [6, 6.07) is 10.3. The van der Waals surface area contributed by atoms with E-state index in [1.54, 1.807) is 6.92 Å². The maximum atomic E-state index is 12.9. The van der Waals surface area contributed by atoms with Crippen molar-refractivity contribution in [1.82, 2.24) is 14.7 Å². The van der Waals surface area contributed by atoms with Crippen LogP contribution in [-0.2, 0) is 16.0 Å². The van der Waals surface area contributed by atoms with Crippen LogP contribution in [0.5, 0.6) is 0 Å². The topological polar surface area (TPSA) is 64.1 Å². The molecule has 6 nitrogen and oxygen atoms in total. The van der Waals surface area contributed by atoms with Crippen molar-refractivity contribution in [3.63, 3.8) is 0 Å². The van der Waals surface area contributed by atoms with Gasteiger partial charge in [0, 0.05) is 52.7 Å². The normalized spacial score (nSPS) is 24.3. The summed E-state index contributed by atoms with van der Waals surface area (Å²) < 4.78 is 0. The van der Waals surface area contributed by atoms with Crippen molar-refractivity contribution < 1.29 is 14.7 Å². The van der Waals surface area contributed by atoms with Gasteiger partial charge in [-0.1, -0.05) is 30.3 Å². The third-order valence-corrected chi connectivity index (χ3v) is 5.74. The highest BCUT2D eigenvalue weighted by Crippen LogP contribution is 2.25. The van der Waals surface area contributed by atoms with E-state index < -0.39 is 5.60 Å². The van der Waals surface area contributed by atoms with Gasteiger partial charge < -0.3 is 14.9 Å². The lowest BCUT2D eigenvalue weighted by molar-refractivity contribution is -0.160. The molecule has 1 aromatic carbocycles. The first-order valence-electron chi connectivity index (χ1n) is 10.0. The van der Waals surface area contributed by atoms with Gasteiger partial charge in [0.1, 0.15) is 0 Å². The number of aliphatic hydroxyl groups is 1. The van der Waals surface area contributed by atoms with Gasteiger partial charge in [-0.15, -0.1) is 0 Å². The van der Waals surface area contributed by atoms with Gasteiger partial charge >= 0.3 is 0 Å². The third kappa shape index (κ3) is 5.08. The molecule has 2 heterocycles. The number of hydrogen-bond donors (Lipinski definition) is 1. The standard InChI is InChI=1S/C21H31N3O3/c1-18(25)23-15-13-22(14-16-23)17-21(27)10-6-12-24(20(21)26)11-5-9-19-7-3-2-4-8-19/h2-4,7-8,27H,5-6,9-17H2,1H3/t21-/m0/s1. The number of likely N-dealkylation sites (tertiary alicyclic amines) is 1. The van der Waals surface area contributed by atoms with Crippen LogP contribution in [0.4, 0.5) is 0 Å². The van der Waals surface area contributed by atoms with Gasteiger partial charge in [-0.05, 0) is 31.2 Å². The Hall–Kier alpha value is -1.92. The summed E-state index contributed by atoms with van der Waals surface area (Å²) in [4.78, 5) is 30.1. The van der Waals surface area contributed by atoms with Gasteiger partial charge in [-0.25, -0.2) is 0 Å². The molecular formula is C21H31N3O3. The first kappa shape index (κ1) is 19.8. The van der Waals surface area contributed by atoms with Crippen molar-refractivity contribution in [3.05, 3.63) is 35.9 Å². The van der Waals surface area contributed by atoms with Crippen LogP contribution in [0.3, 0.4) is 0 Å². The molecule has 2 saturated heterocycles. The van der Waals surface area contributed by atoms with Gasteiger partial charge in [0.25, 0.3) is 5.91 Å². The second-order valence-corrected chi connectivity index (χ2v) is 7.80. The molecule has 0 radical (unpaired) electrons. The molecule has 0 spiro atoms. The number of nitrogens with zero attached hydrogens (tertiary/aromatic N) is 3. The Morgan fingerprint density at radius 2 is 1.81 bits per heavy atom.